The van der Waals surface area contributed by atoms with E-state index in [1.54, 1.807) is 61.5 Å². The molecule has 2 fully saturated rings. The lowest BCUT2D eigenvalue weighted by atomic mass is 9.81. The van der Waals surface area contributed by atoms with Crippen molar-refractivity contribution in [3.05, 3.63) is 94.6 Å². The van der Waals surface area contributed by atoms with Crippen LogP contribution in [-0.4, -0.2) is 87.2 Å². The van der Waals surface area contributed by atoms with E-state index in [-0.39, 0.29) is 16.1 Å². The average molecular weight is 704 g/mol. The van der Waals surface area contributed by atoms with E-state index in [1.807, 2.05) is 18.2 Å². The van der Waals surface area contributed by atoms with E-state index in [1.165, 1.54) is 24.3 Å². The minimum absolute atomic E-state index is 0.111. The van der Waals surface area contributed by atoms with Crippen molar-refractivity contribution in [2.24, 2.45) is 0 Å². The highest BCUT2D eigenvalue weighted by atomic mass is 35.5. The molecule has 3 aliphatic rings. The quantitative estimate of drug-likeness (QED) is 0.232. The van der Waals surface area contributed by atoms with Gasteiger partial charge in [-0.1, -0.05) is 41.9 Å². The summed E-state index contributed by atoms with van der Waals surface area (Å²) in [5.41, 5.74) is 0.369. The highest BCUT2D eigenvalue weighted by Gasteiger charge is 2.63. The molecule has 0 bridgehead atoms. The van der Waals surface area contributed by atoms with Gasteiger partial charge in [0.25, 0.3) is 15.9 Å². The Balaban J connectivity index is 1.47. The van der Waals surface area contributed by atoms with Gasteiger partial charge in [0.05, 0.1) is 18.3 Å². The topological polar surface area (TPSA) is 113 Å². The maximum absolute atomic E-state index is 15.6. The lowest BCUT2D eigenvalue weighted by Gasteiger charge is -2.41. The number of carbonyl (C=O) groups is 2. The third-order valence-corrected chi connectivity index (χ3v) is 11.6. The van der Waals surface area contributed by atoms with Crippen molar-refractivity contribution in [3.63, 3.8) is 0 Å². The lowest BCUT2D eigenvalue weighted by Crippen LogP contribution is -2.57. The first-order valence-electron chi connectivity index (χ1n) is 16.4. The van der Waals surface area contributed by atoms with Gasteiger partial charge in [-0.15, -0.1) is 0 Å². The predicted octanol–water partition coefficient (Wildman–Crippen LogP) is 5.59. The van der Waals surface area contributed by atoms with E-state index in [0.29, 0.717) is 53.2 Å². The Kier molecular flexibility index (Phi) is 8.76. The number of methoxy groups -OCH3 is 1. The number of anilines is 1. The molecule has 256 valence electrons. The number of halogens is 1. The molecular weight excluding hydrogens is 666 g/mol. The summed E-state index contributed by atoms with van der Waals surface area (Å²) in [7, 11) is 0.148. The smallest absolute Gasteiger partial charge is 0.410 e. The number of ether oxygens (including phenoxy) is 2. The van der Waals surface area contributed by atoms with Crippen molar-refractivity contribution in [1.29, 1.82) is 0 Å². The SMILES string of the molecule is COc1cc(CN2CCCC2)ccc1C1(N2CCC[C@@H]2OC(=O)N(C)C)C(=O)N(S(=O)(=O)c2cccc3cccnc23)c2ccc(Cl)cc21. The molecule has 0 N–H and O–H groups in total. The van der Waals surface area contributed by atoms with Crippen LogP contribution < -0.4 is 9.04 Å². The largest absolute Gasteiger partial charge is 0.496 e. The standard InChI is InChI=1S/C36H38ClN5O6S/c1-39(2)35(44)48-32-12-8-20-41(32)36(27-15-13-24(21-30(27)47-3)23-40-18-4-5-19-40)28-22-26(37)14-16-29(28)42(34(36)43)49(45,46)31-11-6-9-25-10-7-17-38-33(25)31/h6-7,9-11,13-17,21-22,32H,4-5,8,12,18-20,23H2,1-3H3/t32-,36?/m0/s1. The molecule has 0 spiro atoms. The van der Waals surface area contributed by atoms with Crippen molar-refractivity contribution in [2.45, 2.75) is 48.9 Å². The van der Waals surface area contributed by atoms with E-state index < -0.39 is 33.8 Å². The van der Waals surface area contributed by atoms with Crippen LogP contribution in [0.2, 0.25) is 5.02 Å². The summed E-state index contributed by atoms with van der Waals surface area (Å²) in [5.74, 6) is -0.345. The highest BCUT2D eigenvalue weighted by molar-refractivity contribution is 7.93. The Morgan fingerprint density at radius 3 is 2.53 bits per heavy atom. The Morgan fingerprint density at radius 1 is 1.00 bits per heavy atom. The third kappa shape index (κ3) is 5.51. The molecule has 4 heterocycles. The number of rotatable bonds is 8. The van der Waals surface area contributed by atoms with Crippen molar-refractivity contribution in [1.82, 2.24) is 19.7 Å². The van der Waals surface area contributed by atoms with Crippen LogP contribution in [0.15, 0.2) is 77.8 Å². The summed E-state index contributed by atoms with van der Waals surface area (Å²) < 4.78 is 42.6. The van der Waals surface area contributed by atoms with E-state index in [2.05, 4.69) is 9.88 Å². The number of likely N-dealkylation sites (tertiary alicyclic amines) is 2. The molecule has 4 aromatic rings. The fourth-order valence-electron chi connectivity index (χ4n) is 7.46. The zero-order valence-electron chi connectivity index (χ0n) is 27.6. The van der Waals surface area contributed by atoms with E-state index in [9.17, 15) is 13.2 Å². The van der Waals surface area contributed by atoms with Crippen LogP contribution in [0.5, 0.6) is 5.75 Å². The molecule has 0 aliphatic carbocycles. The molecule has 1 aromatic heterocycles. The molecule has 2 atom stereocenters. The summed E-state index contributed by atoms with van der Waals surface area (Å²) >= 11 is 6.67. The maximum atomic E-state index is 15.6. The van der Waals surface area contributed by atoms with Crippen molar-refractivity contribution < 1.29 is 27.5 Å². The number of aromatic nitrogens is 1. The monoisotopic (exact) mass is 703 g/mol. The normalized spacial score (nSPS) is 21.3. The molecule has 0 saturated carbocycles. The van der Waals surface area contributed by atoms with Crippen LogP contribution in [0.3, 0.4) is 0 Å². The highest BCUT2D eigenvalue weighted by Crippen LogP contribution is 2.55. The van der Waals surface area contributed by atoms with Gasteiger partial charge in [-0.3, -0.25) is 14.7 Å². The second-order valence-corrected chi connectivity index (χ2v) is 15.1. The molecule has 3 aliphatic heterocycles. The van der Waals surface area contributed by atoms with Crippen LogP contribution in [0.4, 0.5) is 10.5 Å². The molecule has 11 nitrogen and oxygen atoms in total. The second-order valence-electron chi connectivity index (χ2n) is 12.9. The van der Waals surface area contributed by atoms with Crippen molar-refractivity contribution in [2.75, 3.05) is 45.1 Å². The van der Waals surface area contributed by atoms with Gasteiger partial charge in [-0.2, -0.15) is 0 Å². The number of amides is 2. The van der Waals surface area contributed by atoms with Crippen LogP contribution >= 0.6 is 11.6 Å². The van der Waals surface area contributed by atoms with Crippen molar-refractivity contribution in [3.8, 4) is 5.75 Å². The fourth-order valence-corrected chi connectivity index (χ4v) is 9.26. The molecular formula is C36H38ClN5O6S. The summed E-state index contributed by atoms with van der Waals surface area (Å²) in [6, 6.07) is 18.8. The Labute approximate surface area is 291 Å². The summed E-state index contributed by atoms with van der Waals surface area (Å²) in [6.45, 7) is 3.04. The van der Waals surface area contributed by atoms with Gasteiger partial charge in [0.1, 0.15) is 10.6 Å². The number of hydrogen-bond acceptors (Lipinski definition) is 9. The van der Waals surface area contributed by atoms with Gasteiger partial charge >= 0.3 is 6.09 Å². The van der Waals surface area contributed by atoms with Crippen LogP contribution in [0.1, 0.15) is 42.4 Å². The maximum Gasteiger partial charge on any atom is 0.410 e. The fraction of sp³-hybridized carbons (Fsp3) is 0.361. The third-order valence-electron chi connectivity index (χ3n) is 9.67. The number of pyridine rings is 1. The second kappa shape index (κ2) is 12.9. The van der Waals surface area contributed by atoms with E-state index in [0.717, 1.165) is 35.8 Å². The molecule has 3 aromatic carbocycles. The average Bonchev–Trinajstić information content (AvgIpc) is 3.83. The van der Waals surface area contributed by atoms with Crippen LogP contribution in [0.25, 0.3) is 10.9 Å². The molecule has 2 amide bonds. The summed E-state index contributed by atoms with van der Waals surface area (Å²) in [4.78, 5) is 38.3. The van der Waals surface area contributed by atoms with Crippen LogP contribution in [0, 0.1) is 0 Å². The van der Waals surface area contributed by atoms with E-state index in [4.69, 9.17) is 21.1 Å². The first kappa shape index (κ1) is 33.3. The van der Waals surface area contributed by atoms with Gasteiger partial charge in [-0.25, -0.2) is 22.4 Å². The summed E-state index contributed by atoms with van der Waals surface area (Å²) in [6.07, 6.45) is 3.38. The molecule has 0 radical (unpaired) electrons. The van der Waals surface area contributed by atoms with Gasteiger partial charge in [0, 0.05) is 54.9 Å². The van der Waals surface area contributed by atoms with Crippen molar-refractivity contribution >= 4 is 50.2 Å². The van der Waals surface area contributed by atoms with Gasteiger partial charge < -0.3 is 14.4 Å². The number of hydrogen-bond donors (Lipinski definition) is 0. The minimum Gasteiger partial charge on any atom is -0.496 e. The lowest BCUT2D eigenvalue weighted by molar-refractivity contribution is -0.132. The minimum atomic E-state index is -4.56. The number of nitrogens with zero attached hydrogens (tertiary/aromatic N) is 5. The van der Waals surface area contributed by atoms with Gasteiger partial charge in [0.2, 0.25) is 0 Å². The Hall–Kier alpha value is -4.23. The zero-order chi connectivity index (χ0) is 34.5. The number of benzene rings is 3. The zero-order valence-corrected chi connectivity index (χ0v) is 29.2. The molecule has 2 saturated heterocycles. The van der Waals surface area contributed by atoms with Gasteiger partial charge in [0.15, 0.2) is 11.8 Å². The van der Waals surface area contributed by atoms with E-state index >= 15 is 4.79 Å². The first-order chi connectivity index (χ1) is 23.6. The number of para-hydroxylation sites is 1. The Morgan fingerprint density at radius 2 is 1.78 bits per heavy atom. The predicted molar refractivity (Wildman–Crippen MR) is 186 cm³/mol. The first-order valence-corrected chi connectivity index (χ1v) is 18.2. The summed E-state index contributed by atoms with van der Waals surface area (Å²) in [5, 5.41) is 0.927. The molecule has 1 unspecified atom stereocenters. The molecule has 49 heavy (non-hydrogen) atoms. The van der Waals surface area contributed by atoms with Gasteiger partial charge in [-0.05, 0) is 80.7 Å². The number of sulfonamides is 1. The van der Waals surface area contributed by atoms with Crippen LogP contribution in [-0.2, 0) is 31.6 Å². The molecule has 13 heteroatoms. The molecule has 7 rings (SSSR count). The Bertz CT molecular complexity index is 2050. The number of carbonyl (C=O) groups excluding carboxylic acids is 2. The number of fused-ring (bicyclic) bond motifs is 2.